The van der Waals surface area contributed by atoms with Crippen LogP contribution in [0, 0.1) is 6.92 Å². The summed E-state index contributed by atoms with van der Waals surface area (Å²) in [6.07, 6.45) is 2.62. The fourth-order valence-electron chi connectivity index (χ4n) is 1.91. The molecule has 2 nitrogen and oxygen atoms in total. The van der Waals surface area contributed by atoms with Gasteiger partial charge in [0.15, 0.2) is 0 Å². The lowest BCUT2D eigenvalue weighted by molar-refractivity contribution is 0.0604. The maximum Gasteiger partial charge on any atom is 0.124 e. The predicted octanol–water partition coefficient (Wildman–Crippen LogP) is 2.29. The molecular weight excluding hydrogens is 176 g/mol. The Bertz CT molecular complexity index is 309. The predicted molar refractivity (Wildman–Crippen MR) is 55.5 cm³/mol. The number of benzene rings is 1. The molecule has 1 fully saturated rings. The summed E-state index contributed by atoms with van der Waals surface area (Å²) in [5.74, 6) is 0.871. The van der Waals surface area contributed by atoms with Crippen molar-refractivity contribution in [3.05, 3.63) is 29.8 Å². The summed E-state index contributed by atoms with van der Waals surface area (Å²) in [6, 6.07) is 7.97. The van der Waals surface area contributed by atoms with Gasteiger partial charge >= 0.3 is 0 Å². The Morgan fingerprint density at radius 3 is 2.86 bits per heavy atom. The summed E-state index contributed by atoms with van der Waals surface area (Å²) in [7, 11) is 0. The Labute approximate surface area is 84.5 Å². The molecule has 2 atom stereocenters. The van der Waals surface area contributed by atoms with Crippen LogP contribution in [0.25, 0.3) is 0 Å². The highest BCUT2D eigenvalue weighted by atomic mass is 16.5. The van der Waals surface area contributed by atoms with Gasteiger partial charge < -0.3 is 9.84 Å². The molecule has 0 amide bonds. The van der Waals surface area contributed by atoms with Gasteiger partial charge in [0.05, 0.1) is 6.10 Å². The Morgan fingerprint density at radius 2 is 2.21 bits per heavy atom. The Hall–Kier alpha value is -1.02. The minimum atomic E-state index is -0.282. The highest BCUT2D eigenvalue weighted by Crippen LogP contribution is 2.24. The van der Waals surface area contributed by atoms with E-state index in [2.05, 4.69) is 0 Å². The van der Waals surface area contributed by atoms with Crippen molar-refractivity contribution in [2.45, 2.75) is 38.4 Å². The number of hydrogen-bond acceptors (Lipinski definition) is 2. The summed E-state index contributed by atoms with van der Waals surface area (Å²) < 4.78 is 5.72. The van der Waals surface area contributed by atoms with Gasteiger partial charge in [0.25, 0.3) is 0 Å². The molecule has 0 heterocycles. The molecule has 0 bridgehead atoms. The molecule has 2 heteroatoms. The smallest absolute Gasteiger partial charge is 0.124 e. The molecule has 0 spiro atoms. The lowest BCUT2D eigenvalue weighted by Gasteiger charge is -2.17. The van der Waals surface area contributed by atoms with Crippen LogP contribution in [0.4, 0.5) is 0 Å². The van der Waals surface area contributed by atoms with E-state index in [4.69, 9.17) is 4.74 Å². The first kappa shape index (κ1) is 9.53. The second-order valence-electron chi connectivity index (χ2n) is 3.97. The van der Waals surface area contributed by atoms with Crippen molar-refractivity contribution < 1.29 is 9.84 Å². The monoisotopic (exact) mass is 192 g/mol. The summed E-state index contributed by atoms with van der Waals surface area (Å²) in [6.45, 7) is 2.04. The third-order valence-electron chi connectivity index (χ3n) is 2.69. The van der Waals surface area contributed by atoms with E-state index in [-0.39, 0.29) is 12.2 Å². The van der Waals surface area contributed by atoms with Crippen LogP contribution in [0.1, 0.15) is 24.8 Å². The Morgan fingerprint density at radius 1 is 1.36 bits per heavy atom. The number of aliphatic hydroxyl groups excluding tert-OH is 1. The fourth-order valence-corrected chi connectivity index (χ4v) is 1.91. The van der Waals surface area contributed by atoms with Gasteiger partial charge in [-0.2, -0.15) is 0 Å². The maximum atomic E-state index is 9.59. The fraction of sp³-hybridized carbons (Fsp3) is 0.500. The number of hydrogen-bond donors (Lipinski definition) is 1. The third-order valence-corrected chi connectivity index (χ3v) is 2.69. The van der Waals surface area contributed by atoms with E-state index < -0.39 is 0 Å². The molecule has 1 N–H and O–H groups in total. The number of rotatable bonds is 2. The first-order valence-corrected chi connectivity index (χ1v) is 5.17. The van der Waals surface area contributed by atoms with E-state index in [0.29, 0.717) is 0 Å². The number of ether oxygens (including phenoxy) is 1. The molecule has 1 aromatic carbocycles. The van der Waals surface area contributed by atoms with Crippen molar-refractivity contribution in [1.29, 1.82) is 0 Å². The SMILES string of the molecule is Cc1cccc(OC2CCCC2O)c1. The van der Waals surface area contributed by atoms with Crippen LogP contribution < -0.4 is 4.74 Å². The number of aryl methyl sites for hydroxylation is 1. The molecule has 0 aliphatic heterocycles. The van der Waals surface area contributed by atoms with Crippen LogP contribution in [0.2, 0.25) is 0 Å². The van der Waals surface area contributed by atoms with Crippen molar-refractivity contribution in [3.8, 4) is 5.75 Å². The van der Waals surface area contributed by atoms with Gasteiger partial charge in [0.2, 0.25) is 0 Å². The van der Waals surface area contributed by atoms with Crippen LogP contribution in [-0.4, -0.2) is 17.3 Å². The number of aliphatic hydroxyl groups is 1. The molecule has 0 radical (unpaired) electrons. The average Bonchev–Trinajstić information content (AvgIpc) is 2.52. The quantitative estimate of drug-likeness (QED) is 0.779. The van der Waals surface area contributed by atoms with Crippen LogP contribution >= 0.6 is 0 Å². The first-order valence-electron chi connectivity index (χ1n) is 5.17. The van der Waals surface area contributed by atoms with Gasteiger partial charge in [-0.3, -0.25) is 0 Å². The molecule has 0 saturated heterocycles. The first-order chi connectivity index (χ1) is 6.75. The molecule has 1 aliphatic rings. The molecule has 2 unspecified atom stereocenters. The van der Waals surface area contributed by atoms with Crippen molar-refractivity contribution in [2.24, 2.45) is 0 Å². The molecule has 0 aromatic heterocycles. The van der Waals surface area contributed by atoms with E-state index in [0.717, 1.165) is 25.0 Å². The van der Waals surface area contributed by atoms with Crippen LogP contribution in [0.5, 0.6) is 5.75 Å². The van der Waals surface area contributed by atoms with Gasteiger partial charge in [0.1, 0.15) is 11.9 Å². The molecule has 1 aromatic rings. The topological polar surface area (TPSA) is 29.5 Å². The van der Waals surface area contributed by atoms with Gasteiger partial charge in [0, 0.05) is 0 Å². The average molecular weight is 192 g/mol. The van der Waals surface area contributed by atoms with Gasteiger partial charge in [-0.05, 0) is 43.9 Å². The van der Waals surface area contributed by atoms with Crippen molar-refractivity contribution in [3.63, 3.8) is 0 Å². The van der Waals surface area contributed by atoms with Gasteiger partial charge in [-0.25, -0.2) is 0 Å². The van der Waals surface area contributed by atoms with E-state index in [1.165, 1.54) is 5.56 Å². The van der Waals surface area contributed by atoms with E-state index in [1.54, 1.807) is 0 Å². The minimum Gasteiger partial charge on any atom is -0.488 e. The standard InChI is InChI=1S/C12H16O2/c1-9-4-2-5-10(8-9)14-12-7-3-6-11(12)13/h2,4-5,8,11-13H,3,6-7H2,1H3. The van der Waals surface area contributed by atoms with Gasteiger partial charge in [-0.1, -0.05) is 12.1 Å². The zero-order valence-electron chi connectivity index (χ0n) is 8.44. The van der Waals surface area contributed by atoms with Crippen molar-refractivity contribution >= 4 is 0 Å². The molecule has 14 heavy (non-hydrogen) atoms. The molecular formula is C12H16O2. The van der Waals surface area contributed by atoms with Crippen molar-refractivity contribution in [1.82, 2.24) is 0 Å². The lowest BCUT2D eigenvalue weighted by Crippen LogP contribution is -2.25. The van der Waals surface area contributed by atoms with E-state index in [9.17, 15) is 5.11 Å². The molecule has 76 valence electrons. The summed E-state index contributed by atoms with van der Waals surface area (Å²) in [5.41, 5.74) is 1.19. The Kier molecular flexibility index (Phi) is 2.73. The summed E-state index contributed by atoms with van der Waals surface area (Å²) in [5, 5.41) is 9.59. The van der Waals surface area contributed by atoms with Gasteiger partial charge in [-0.15, -0.1) is 0 Å². The highest BCUT2D eigenvalue weighted by Gasteiger charge is 2.26. The minimum absolute atomic E-state index is 0.00296. The molecule has 1 aliphatic carbocycles. The Balaban J connectivity index is 2.03. The van der Waals surface area contributed by atoms with Crippen LogP contribution in [0.15, 0.2) is 24.3 Å². The maximum absolute atomic E-state index is 9.59. The van der Waals surface area contributed by atoms with Crippen LogP contribution in [-0.2, 0) is 0 Å². The second kappa shape index (κ2) is 4.01. The second-order valence-corrected chi connectivity index (χ2v) is 3.97. The normalized spacial score (nSPS) is 26.4. The van der Waals surface area contributed by atoms with E-state index in [1.807, 2.05) is 31.2 Å². The molecule has 2 rings (SSSR count). The largest absolute Gasteiger partial charge is 0.488 e. The van der Waals surface area contributed by atoms with Crippen molar-refractivity contribution in [2.75, 3.05) is 0 Å². The summed E-state index contributed by atoms with van der Waals surface area (Å²) >= 11 is 0. The molecule has 1 saturated carbocycles. The van der Waals surface area contributed by atoms with Crippen LogP contribution in [0.3, 0.4) is 0 Å². The zero-order chi connectivity index (χ0) is 9.97. The van der Waals surface area contributed by atoms with E-state index >= 15 is 0 Å². The highest BCUT2D eigenvalue weighted by molar-refractivity contribution is 5.27. The zero-order valence-corrected chi connectivity index (χ0v) is 8.44. The third kappa shape index (κ3) is 2.07. The lowest BCUT2D eigenvalue weighted by atomic mass is 10.2. The summed E-state index contributed by atoms with van der Waals surface area (Å²) in [4.78, 5) is 0.